The molecule has 0 radical (unpaired) electrons. The van der Waals surface area contributed by atoms with Gasteiger partial charge in [-0.25, -0.2) is 4.98 Å². The van der Waals surface area contributed by atoms with Crippen LogP contribution in [0.4, 0.5) is 5.82 Å². The summed E-state index contributed by atoms with van der Waals surface area (Å²) < 4.78 is 0. The predicted molar refractivity (Wildman–Crippen MR) is 57.5 cm³/mol. The normalized spacial score (nSPS) is 17.3. The lowest BCUT2D eigenvalue weighted by Gasteiger charge is -2.03. The van der Waals surface area contributed by atoms with Crippen LogP contribution in [-0.2, 0) is 0 Å². The van der Waals surface area contributed by atoms with Crippen LogP contribution in [0.2, 0.25) is 0 Å². The second kappa shape index (κ2) is 4.22. The Morgan fingerprint density at radius 3 is 2.79 bits per heavy atom. The maximum Gasteiger partial charge on any atom is 0.141 e. The van der Waals surface area contributed by atoms with Crippen LogP contribution < -0.4 is 5.73 Å². The van der Waals surface area contributed by atoms with E-state index >= 15 is 0 Å². The summed E-state index contributed by atoms with van der Waals surface area (Å²) in [5.41, 5.74) is 7.81. The Morgan fingerprint density at radius 2 is 2.00 bits per heavy atom. The molecule has 0 fully saturated rings. The van der Waals surface area contributed by atoms with Gasteiger partial charge >= 0.3 is 0 Å². The highest BCUT2D eigenvalue weighted by atomic mass is 14.9. The minimum Gasteiger partial charge on any atom is -0.382 e. The van der Waals surface area contributed by atoms with E-state index in [4.69, 9.17) is 5.73 Å². The molecule has 74 valence electrons. The molecule has 0 saturated carbocycles. The first-order valence-corrected chi connectivity index (χ1v) is 5.13. The van der Waals surface area contributed by atoms with Crippen molar-refractivity contribution in [1.82, 2.24) is 9.97 Å². The molecule has 0 aliphatic heterocycles. The molecule has 0 amide bonds. The Hall–Kier alpha value is -1.38. The van der Waals surface area contributed by atoms with Crippen LogP contribution in [0.3, 0.4) is 0 Å². The molecule has 1 aliphatic rings. The molecule has 1 aromatic rings. The van der Waals surface area contributed by atoms with Crippen molar-refractivity contribution < 1.29 is 0 Å². The standard InChI is InChI=1S/C11H15N3/c12-11-8-13-10(7-14-11)9-5-3-1-2-4-6-9/h5,7-8H,1-4,6H2,(H2,12,14). The van der Waals surface area contributed by atoms with E-state index in [1.54, 1.807) is 12.4 Å². The van der Waals surface area contributed by atoms with Gasteiger partial charge in [-0.05, 0) is 31.3 Å². The maximum absolute atomic E-state index is 5.49. The monoisotopic (exact) mass is 189 g/mol. The molecule has 0 unspecified atom stereocenters. The van der Waals surface area contributed by atoms with Crippen molar-refractivity contribution in [2.45, 2.75) is 32.1 Å². The number of allylic oxidation sites excluding steroid dienone is 2. The van der Waals surface area contributed by atoms with E-state index in [-0.39, 0.29) is 0 Å². The zero-order valence-corrected chi connectivity index (χ0v) is 8.24. The number of anilines is 1. The summed E-state index contributed by atoms with van der Waals surface area (Å²) in [6.07, 6.45) is 11.9. The zero-order chi connectivity index (χ0) is 9.80. The van der Waals surface area contributed by atoms with Gasteiger partial charge in [0, 0.05) is 0 Å². The van der Waals surface area contributed by atoms with Crippen molar-refractivity contribution in [2.75, 3.05) is 5.73 Å². The Balaban J connectivity index is 2.20. The third kappa shape index (κ3) is 2.10. The van der Waals surface area contributed by atoms with Crippen molar-refractivity contribution in [2.24, 2.45) is 0 Å². The Morgan fingerprint density at radius 1 is 1.07 bits per heavy atom. The zero-order valence-electron chi connectivity index (χ0n) is 8.24. The highest BCUT2D eigenvalue weighted by Crippen LogP contribution is 2.24. The molecule has 0 spiro atoms. The third-order valence-electron chi connectivity index (χ3n) is 2.54. The summed E-state index contributed by atoms with van der Waals surface area (Å²) in [5.74, 6) is 0.489. The number of hydrogen-bond acceptors (Lipinski definition) is 3. The van der Waals surface area contributed by atoms with E-state index in [9.17, 15) is 0 Å². The van der Waals surface area contributed by atoms with Crippen LogP contribution in [0.5, 0.6) is 0 Å². The fourth-order valence-corrected chi connectivity index (χ4v) is 1.75. The lowest BCUT2D eigenvalue weighted by atomic mass is 10.1. The van der Waals surface area contributed by atoms with Gasteiger partial charge in [0.1, 0.15) is 5.82 Å². The van der Waals surface area contributed by atoms with Gasteiger partial charge in [-0.3, -0.25) is 4.98 Å². The second-order valence-corrected chi connectivity index (χ2v) is 3.66. The van der Waals surface area contributed by atoms with Crippen molar-refractivity contribution in [3.05, 3.63) is 24.2 Å². The lowest BCUT2D eigenvalue weighted by Crippen LogP contribution is -1.95. The first-order chi connectivity index (χ1) is 6.86. The first-order valence-electron chi connectivity index (χ1n) is 5.13. The van der Waals surface area contributed by atoms with Crippen LogP contribution in [0.1, 0.15) is 37.8 Å². The summed E-state index contributed by atoms with van der Waals surface area (Å²) in [6, 6.07) is 0. The number of aromatic nitrogens is 2. The van der Waals surface area contributed by atoms with Gasteiger partial charge in [-0.1, -0.05) is 12.5 Å². The molecule has 1 aliphatic carbocycles. The minimum atomic E-state index is 0.489. The topological polar surface area (TPSA) is 51.8 Å². The smallest absolute Gasteiger partial charge is 0.141 e. The van der Waals surface area contributed by atoms with E-state index in [0.717, 1.165) is 12.1 Å². The van der Waals surface area contributed by atoms with E-state index < -0.39 is 0 Å². The van der Waals surface area contributed by atoms with E-state index in [1.807, 2.05) is 0 Å². The largest absolute Gasteiger partial charge is 0.382 e. The molecule has 0 atom stereocenters. The van der Waals surface area contributed by atoms with E-state index in [0.29, 0.717) is 5.82 Å². The molecule has 2 N–H and O–H groups in total. The maximum atomic E-state index is 5.49. The molecular formula is C11H15N3. The molecule has 1 aromatic heterocycles. The minimum absolute atomic E-state index is 0.489. The SMILES string of the molecule is Nc1cnc(C2=CCCCCC2)cn1. The van der Waals surface area contributed by atoms with Crippen molar-refractivity contribution in [1.29, 1.82) is 0 Å². The summed E-state index contributed by atoms with van der Waals surface area (Å²) >= 11 is 0. The quantitative estimate of drug-likeness (QED) is 0.738. The van der Waals surface area contributed by atoms with Gasteiger partial charge in [0.2, 0.25) is 0 Å². The molecule has 0 bridgehead atoms. The van der Waals surface area contributed by atoms with E-state index in [2.05, 4.69) is 16.0 Å². The molecule has 0 saturated heterocycles. The van der Waals surface area contributed by atoms with Crippen LogP contribution in [0.15, 0.2) is 18.5 Å². The molecule has 3 nitrogen and oxygen atoms in total. The third-order valence-corrected chi connectivity index (χ3v) is 2.54. The number of nitrogen functional groups attached to an aromatic ring is 1. The summed E-state index contributed by atoms with van der Waals surface area (Å²) in [4.78, 5) is 8.35. The number of nitrogens with zero attached hydrogens (tertiary/aromatic N) is 2. The second-order valence-electron chi connectivity index (χ2n) is 3.66. The molecule has 14 heavy (non-hydrogen) atoms. The van der Waals surface area contributed by atoms with Crippen LogP contribution >= 0.6 is 0 Å². The van der Waals surface area contributed by atoms with Gasteiger partial charge in [-0.15, -0.1) is 0 Å². The fourth-order valence-electron chi connectivity index (χ4n) is 1.75. The molecule has 0 aromatic carbocycles. The lowest BCUT2D eigenvalue weighted by molar-refractivity contribution is 0.720. The first kappa shape index (κ1) is 9.19. The molecule has 2 rings (SSSR count). The Labute approximate surface area is 84.1 Å². The summed E-state index contributed by atoms with van der Waals surface area (Å²) in [7, 11) is 0. The molecular weight excluding hydrogens is 174 g/mol. The Kier molecular flexibility index (Phi) is 2.77. The van der Waals surface area contributed by atoms with Gasteiger partial charge in [0.15, 0.2) is 0 Å². The average molecular weight is 189 g/mol. The number of rotatable bonds is 1. The van der Waals surface area contributed by atoms with Crippen LogP contribution in [-0.4, -0.2) is 9.97 Å². The highest BCUT2D eigenvalue weighted by molar-refractivity contribution is 5.62. The van der Waals surface area contributed by atoms with Gasteiger partial charge in [-0.2, -0.15) is 0 Å². The van der Waals surface area contributed by atoms with Gasteiger partial charge in [0.05, 0.1) is 18.1 Å². The average Bonchev–Trinajstić information content (AvgIpc) is 2.47. The Bertz CT molecular complexity index is 327. The summed E-state index contributed by atoms with van der Waals surface area (Å²) in [5, 5.41) is 0. The number of nitrogens with two attached hydrogens (primary N) is 1. The fraction of sp³-hybridized carbons (Fsp3) is 0.455. The van der Waals surface area contributed by atoms with Gasteiger partial charge in [0.25, 0.3) is 0 Å². The van der Waals surface area contributed by atoms with Gasteiger partial charge < -0.3 is 5.73 Å². The van der Waals surface area contributed by atoms with Crippen molar-refractivity contribution >= 4 is 11.4 Å². The van der Waals surface area contributed by atoms with Crippen molar-refractivity contribution in [3.63, 3.8) is 0 Å². The van der Waals surface area contributed by atoms with Crippen LogP contribution in [0.25, 0.3) is 5.57 Å². The van der Waals surface area contributed by atoms with Crippen LogP contribution in [0, 0.1) is 0 Å². The molecule has 3 heteroatoms. The highest BCUT2D eigenvalue weighted by Gasteiger charge is 2.06. The predicted octanol–water partition coefficient (Wildman–Crippen LogP) is 2.41. The number of hydrogen-bond donors (Lipinski definition) is 1. The van der Waals surface area contributed by atoms with Crippen molar-refractivity contribution in [3.8, 4) is 0 Å². The summed E-state index contributed by atoms with van der Waals surface area (Å²) in [6.45, 7) is 0. The van der Waals surface area contributed by atoms with E-state index in [1.165, 1.54) is 31.3 Å². The molecule has 1 heterocycles.